The number of aliphatic hydroxyl groups is 1. The number of amides is 1. The number of methoxy groups -OCH3 is 1. The van der Waals surface area contributed by atoms with Crippen molar-refractivity contribution in [3.05, 3.63) is 23.8 Å². The van der Waals surface area contributed by atoms with E-state index in [-0.39, 0.29) is 48.1 Å². The number of nitrogens with zero attached hydrogens (tertiary/aromatic N) is 2. The topological polar surface area (TPSA) is 96.4 Å². The lowest BCUT2D eigenvalue weighted by Crippen LogP contribution is -2.50. The average molecular weight is 479 g/mol. The zero-order valence-electron chi connectivity index (χ0n) is 19.8. The molecule has 8 nitrogen and oxygen atoms in total. The Labute approximate surface area is 196 Å². The number of fused-ring (bicyclic) bond motifs is 1. The van der Waals surface area contributed by atoms with E-state index in [0.717, 1.165) is 19.3 Å². The fraction of sp³-hybridized carbons (Fsp3) is 0.625. The predicted octanol–water partition coefficient (Wildman–Crippen LogP) is 1.71. The Kier molecular flexibility index (Phi) is 8.40. The fourth-order valence-electron chi connectivity index (χ4n) is 4.06. The van der Waals surface area contributed by atoms with Crippen LogP contribution < -0.4 is 4.74 Å². The van der Waals surface area contributed by atoms with E-state index in [4.69, 9.17) is 9.47 Å². The van der Waals surface area contributed by atoms with Crippen LogP contribution in [0.5, 0.6) is 5.75 Å². The molecular formula is C24H34N2O6S. The van der Waals surface area contributed by atoms with Crippen molar-refractivity contribution in [3.63, 3.8) is 0 Å². The molecule has 0 unspecified atom stereocenters. The van der Waals surface area contributed by atoms with Crippen molar-refractivity contribution >= 4 is 15.9 Å². The Morgan fingerprint density at radius 1 is 1.39 bits per heavy atom. The van der Waals surface area contributed by atoms with Gasteiger partial charge in [-0.2, -0.15) is 4.31 Å². The van der Waals surface area contributed by atoms with Gasteiger partial charge in [-0.1, -0.05) is 25.2 Å². The van der Waals surface area contributed by atoms with Gasteiger partial charge < -0.3 is 19.5 Å². The van der Waals surface area contributed by atoms with Crippen molar-refractivity contribution in [1.29, 1.82) is 0 Å². The van der Waals surface area contributed by atoms with Gasteiger partial charge >= 0.3 is 0 Å². The molecular weight excluding hydrogens is 444 g/mol. The molecule has 0 saturated heterocycles. The summed E-state index contributed by atoms with van der Waals surface area (Å²) >= 11 is 0. The molecule has 1 aliphatic heterocycles. The quantitative estimate of drug-likeness (QED) is 0.626. The highest BCUT2D eigenvalue weighted by molar-refractivity contribution is 7.89. The third-order valence-electron chi connectivity index (χ3n) is 6.40. The van der Waals surface area contributed by atoms with Crippen molar-refractivity contribution in [1.82, 2.24) is 9.21 Å². The monoisotopic (exact) mass is 478 g/mol. The van der Waals surface area contributed by atoms with Crippen molar-refractivity contribution in [2.24, 2.45) is 11.8 Å². The molecule has 1 heterocycles. The van der Waals surface area contributed by atoms with E-state index in [2.05, 4.69) is 11.8 Å². The number of benzene rings is 1. The molecule has 3 atom stereocenters. The summed E-state index contributed by atoms with van der Waals surface area (Å²) in [6.07, 6.45) is 2.48. The summed E-state index contributed by atoms with van der Waals surface area (Å²) in [6.45, 7) is 4.07. The van der Waals surface area contributed by atoms with Gasteiger partial charge in [0.05, 0.1) is 13.2 Å². The molecule has 1 aromatic rings. The van der Waals surface area contributed by atoms with Crippen LogP contribution in [-0.2, 0) is 19.6 Å². The van der Waals surface area contributed by atoms with E-state index in [9.17, 15) is 18.3 Å². The van der Waals surface area contributed by atoms with Gasteiger partial charge in [-0.05, 0) is 38.0 Å². The normalized spacial score (nSPS) is 23.5. The minimum absolute atomic E-state index is 0.0324. The van der Waals surface area contributed by atoms with Gasteiger partial charge in [-0.3, -0.25) is 4.79 Å². The van der Waals surface area contributed by atoms with Crippen LogP contribution in [-0.4, -0.2) is 81.2 Å². The van der Waals surface area contributed by atoms with Crippen LogP contribution in [0.15, 0.2) is 23.1 Å². The van der Waals surface area contributed by atoms with Gasteiger partial charge in [-0.15, -0.1) is 0 Å². The summed E-state index contributed by atoms with van der Waals surface area (Å²) in [6, 6.07) is 4.15. The number of sulfonamides is 1. The molecule has 1 aliphatic carbocycles. The van der Waals surface area contributed by atoms with Crippen molar-refractivity contribution in [3.8, 4) is 17.6 Å². The number of aliphatic hydroxyl groups excluding tert-OH is 1. The SMILES string of the molecule is COCC#Cc1ccc2c(c1)O[C@H](CN(C)C(=O)C1CCC1)[C@@H](C)CN([C@H](C)CO)S2(=O)=O. The number of carbonyl (C=O) groups excluding carboxylic acids is 1. The molecule has 33 heavy (non-hydrogen) atoms. The Morgan fingerprint density at radius 2 is 2.12 bits per heavy atom. The van der Waals surface area contributed by atoms with Gasteiger partial charge in [0.15, 0.2) is 0 Å². The van der Waals surface area contributed by atoms with Crippen molar-refractivity contribution < 1.29 is 27.8 Å². The maximum absolute atomic E-state index is 13.5. The second-order valence-corrected chi connectivity index (χ2v) is 10.8. The van der Waals surface area contributed by atoms with Crippen LogP contribution in [0.4, 0.5) is 0 Å². The summed E-state index contributed by atoms with van der Waals surface area (Å²) in [4.78, 5) is 14.5. The fourth-order valence-corrected chi connectivity index (χ4v) is 5.88. The summed E-state index contributed by atoms with van der Waals surface area (Å²) in [5.41, 5.74) is 0.605. The van der Waals surface area contributed by atoms with Crippen LogP contribution in [0.2, 0.25) is 0 Å². The predicted molar refractivity (Wildman–Crippen MR) is 124 cm³/mol. The number of likely N-dealkylation sites (N-methyl/N-ethyl adjacent to an activating group) is 1. The molecule has 0 bridgehead atoms. The summed E-state index contributed by atoms with van der Waals surface area (Å²) in [5, 5.41) is 9.74. The van der Waals surface area contributed by atoms with E-state index in [1.807, 2.05) is 6.92 Å². The number of carbonyl (C=O) groups is 1. The molecule has 1 saturated carbocycles. The Morgan fingerprint density at radius 3 is 2.73 bits per heavy atom. The molecule has 0 aromatic heterocycles. The second kappa shape index (κ2) is 10.9. The van der Waals surface area contributed by atoms with Crippen LogP contribution in [0.25, 0.3) is 0 Å². The highest BCUT2D eigenvalue weighted by atomic mass is 32.2. The lowest BCUT2D eigenvalue weighted by Gasteiger charge is -2.38. The largest absolute Gasteiger partial charge is 0.487 e. The zero-order chi connectivity index (χ0) is 24.2. The molecule has 9 heteroatoms. The van der Waals surface area contributed by atoms with Crippen LogP contribution >= 0.6 is 0 Å². The zero-order valence-corrected chi connectivity index (χ0v) is 20.6. The molecule has 1 fully saturated rings. The molecule has 1 N–H and O–H groups in total. The summed E-state index contributed by atoms with van der Waals surface area (Å²) in [5.74, 6) is 5.97. The van der Waals surface area contributed by atoms with Crippen molar-refractivity contribution in [2.75, 3.05) is 40.5 Å². The van der Waals surface area contributed by atoms with Crippen LogP contribution in [0, 0.1) is 23.7 Å². The maximum Gasteiger partial charge on any atom is 0.247 e. The third kappa shape index (κ3) is 5.69. The summed E-state index contributed by atoms with van der Waals surface area (Å²) < 4.78 is 39.5. The Balaban J connectivity index is 1.99. The smallest absolute Gasteiger partial charge is 0.247 e. The van der Waals surface area contributed by atoms with Gasteiger partial charge in [0, 0.05) is 44.1 Å². The molecule has 1 amide bonds. The Bertz CT molecular complexity index is 1010. The van der Waals surface area contributed by atoms with Crippen LogP contribution in [0.3, 0.4) is 0 Å². The molecule has 0 radical (unpaired) electrons. The molecule has 0 spiro atoms. The number of hydrogen-bond acceptors (Lipinski definition) is 6. The first kappa shape index (κ1) is 25.5. The highest BCUT2D eigenvalue weighted by Crippen LogP contribution is 2.34. The molecule has 3 rings (SSSR count). The number of ether oxygens (including phenoxy) is 2. The van der Waals surface area contributed by atoms with Gasteiger partial charge in [0.25, 0.3) is 0 Å². The minimum atomic E-state index is -3.91. The lowest BCUT2D eigenvalue weighted by molar-refractivity contribution is -0.138. The summed E-state index contributed by atoms with van der Waals surface area (Å²) in [7, 11) is -0.588. The maximum atomic E-state index is 13.5. The van der Waals surface area contributed by atoms with Crippen LogP contribution in [0.1, 0.15) is 38.7 Å². The first-order valence-electron chi connectivity index (χ1n) is 11.3. The standard InChI is InChI=1S/C24H34N2O6S/c1-17-14-26(18(2)16-27)33(29,30)23-11-10-19(7-6-12-31-4)13-21(23)32-22(17)15-25(3)24(28)20-8-5-9-20/h10-11,13,17-18,20,22,27H,5,8-9,12,14-16H2,1-4H3/t17-,18+,22+/m0/s1. The lowest BCUT2D eigenvalue weighted by atomic mass is 9.84. The number of hydrogen-bond donors (Lipinski definition) is 1. The molecule has 2 aliphatic rings. The highest BCUT2D eigenvalue weighted by Gasteiger charge is 2.39. The molecule has 1 aromatic carbocycles. The van der Waals surface area contributed by atoms with E-state index >= 15 is 0 Å². The van der Waals surface area contributed by atoms with Gasteiger partial charge in [0.2, 0.25) is 15.9 Å². The second-order valence-electron chi connectivity index (χ2n) is 8.98. The van der Waals surface area contributed by atoms with Crippen molar-refractivity contribution in [2.45, 2.75) is 50.2 Å². The van der Waals surface area contributed by atoms with E-state index < -0.39 is 22.2 Å². The minimum Gasteiger partial charge on any atom is -0.487 e. The van der Waals surface area contributed by atoms with E-state index in [1.54, 1.807) is 38.1 Å². The first-order chi connectivity index (χ1) is 15.7. The van der Waals surface area contributed by atoms with Gasteiger partial charge in [-0.25, -0.2) is 8.42 Å². The van der Waals surface area contributed by atoms with E-state index in [0.29, 0.717) is 12.1 Å². The van der Waals surface area contributed by atoms with Gasteiger partial charge in [0.1, 0.15) is 23.4 Å². The van der Waals surface area contributed by atoms with E-state index in [1.165, 1.54) is 10.4 Å². The Hall–Kier alpha value is -2.12. The number of rotatable bonds is 6. The average Bonchev–Trinajstić information content (AvgIpc) is 2.74. The first-order valence-corrected chi connectivity index (χ1v) is 12.8. The molecule has 182 valence electrons. The third-order valence-corrected chi connectivity index (χ3v) is 8.42.